The Labute approximate surface area is 110 Å². The van der Waals surface area contributed by atoms with E-state index in [0.29, 0.717) is 31.0 Å². The van der Waals surface area contributed by atoms with Crippen LogP contribution in [0.2, 0.25) is 0 Å². The highest BCUT2D eigenvalue weighted by Gasteiger charge is 2.11. The Bertz CT molecular complexity index is 471. The smallest absolute Gasteiger partial charge is 0.270 e. The van der Waals surface area contributed by atoms with E-state index in [2.05, 4.69) is 5.32 Å². The van der Waals surface area contributed by atoms with Crippen molar-refractivity contribution in [3.63, 3.8) is 0 Å². The van der Waals surface area contributed by atoms with Gasteiger partial charge < -0.3 is 14.8 Å². The van der Waals surface area contributed by atoms with Crippen molar-refractivity contribution >= 4 is 5.69 Å². The maximum atomic E-state index is 10.7. The molecule has 0 heterocycles. The van der Waals surface area contributed by atoms with Gasteiger partial charge in [0.25, 0.3) is 5.69 Å². The Kier molecular flexibility index (Phi) is 6.29. The molecule has 1 aromatic carbocycles. The van der Waals surface area contributed by atoms with Crippen molar-refractivity contribution in [2.24, 2.45) is 0 Å². The quantitative estimate of drug-likeness (QED) is 0.431. The van der Waals surface area contributed by atoms with E-state index < -0.39 is 4.92 Å². The number of hydrogen-bond acceptors (Lipinski definition) is 6. The molecule has 1 N–H and O–H groups in total. The van der Waals surface area contributed by atoms with Crippen LogP contribution >= 0.6 is 0 Å². The fourth-order valence-corrected chi connectivity index (χ4v) is 1.47. The summed E-state index contributed by atoms with van der Waals surface area (Å²) in [5.41, 5.74) is 0.633. The Balaban J connectivity index is 2.78. The Morgan fingerprint density at radius 1 is 1.53 bits per heavy atom. The lowest BCUT2D eigenvalue weighted by Crippen LogP contribution is -2.19. The number of nitrogens with one attached hydrogen (secondary N) is 1. The van der Waals surface area contributed by atoms with Gasteiger partial charge in [0.05, 0.1) is 11.5 Å². The molecule has 19 heavy (non-hydrogen) atoms. The van der Waals surface area contributed by atoms with Gasteiger partial charge in [-0.2, -0.15) is 5.26 Å². The highest BCUT2D eigenvalue weighted by atomic mass is 16.6. The van der Waals surface area contributed by atoms with Crippen molar-refractivity contribution in [3.05, 3.63) is 33.9 Å². The summed E-state index contributed by atoms with van der Waals surface area (Å²) in [6.45, 7) is 1.48. The summed E-state index contributed by atoms with van der Waals surface area (Å²) in [6, 6.07) is 6.15. The van der Waals surface area contributed by atoms with Crippen LogP contribution in [-0.2, 0) is 11.3 Å². The standard InChI is InChI=1S/C12H15N3O4/c1-18-7-5-14-9-10-8-11(15(16)17)2-3-12(10)19-6-4-13/h2-3,8,14H,5-7,9H2,1H3. The van der Waals surface area contributed by atoms with E-state index in [1.807, 2.05) is 6.07 Å². The molecule has 0 aliphatic carbocycles. The van der Waals surface area contributed by atoms with Crippen molar-refractivity contribution in [3.8, 4) is 11.8 Å². The first-order valence-corrected chi connectivity index (χ1v) is 5.65. The minimum absolute atomic E-state index is 0.00662. The Morgan fingerprint density at radius 3 is 2.95 bits per heavy atom. The molecule has 0 bridgehead atoms. The SMILES string of the molecule is COCCNCc1cc([N+](=O)[O-])ccc1OCC#N. The van der Waals surface area contributed by atoms with Gasteiger partial charge in [-0.25, -0.2) is 0 Å². The second-order valence-corrected chi connectivity index (χ2v) is 3.67. The van der Waals surface area contributed by atoms with Gasteiger partial charge in [0.2, 0.25) is 0 Å². The van der Waals surface area contributed by atoms with Gasteiger partial charge in [-0.3, -0.25) is 10.1 Å². The molecule has 0 unspecified atom stereocenters. The van der Waals surface area contributed by atoms with Crippen molar-refractivity contribution < 1.29 is 14.4 Å². The average Bonchev–Trinajstić information content (AvgIpc) is 2.41. The number of nitrogens with zero attached hydrogens (tertiary/aromatic N) is 2. The molecule has 0 aromatic heterocycles. The third kappa shape index (κ3) is 4.91. The number of nitriles is 1. The summed E-state index contributed by atoms with van der Waals surface area (Å²) in [4.78, 5) is 10.3. The molecule has 0 aliphatic rings. The van der Waals surface area contributed by atoms with Crippen LogP contribution in [0.4, 0.5) is 5.69 Å². The number of ether oxygens (including phenoxy) is 2. The Hall–Kier alpha value is -2.17. The lowest BCUT2D eigenvalue weighted by Gasteiger charge is -2.10. The van der Waals surface area contributed by atoms with Crippen LogP contribution in [-0.4, -0.2) is 31.8 Å². The van der Waals surface area contributed by atoms with Gasteiger partial charge in [-0.05, 0) is 6.07 Å². The zero-order valence-corrected chi connectivity index (χ0v) is 10.6. The zero-order valence-electron chi connectivity index (χ0n) is 10.6. The van der Waals surface area contributed by atoms with Gasteiger partial charge in [0, 0.05) is 37.9 Å². The molecule has 102 valence electrons. The van der Waals surface area contributed by atoms with Gasteiger partial charge in [0.15, 0.2) is 6.61 Å². The fraction of sp³-hybridized carbons (Fsp3) is 0.417. The molecule has 0 radical (unpaired) electrons. The summed E-state index contributed by atoms with van der Waals surface area (Å²) in [5.74, 6) is 0.470. The van der Waals surface area contributed by atoms with Crippen LogP contribution in [0, 0.1) is 21.4 Å². The first-order chi connectivity index (χ1) is 9.19. The summed E-state index contributed by atoms with van der Waals surface area (Å²) in [7, 11) is 1.59. The molecule has 0 aliphatic heterocycles. The van der Waals surface area contributed by atoms with Gasteiger partial charge in [-0.15, -0.1) is 0 Å². The molecular formula is C12H15N3O4. The third-order valence-corrected chi connectivity index (χ3v) is 2.35. The van der Waals surface area contributed by atoms with Crippen molar-refractivity contribution in [1.29, 1.82) is 5.26 Å². The number of methoxy groups -OCH3 is 1. The molecule has 0 saturated carbocycles. The van der Waals surface area contributed by atoms with E-state index >= 15 is 0 Å². The van der Waals surface area contributed by atoms with Crippen LogP contribution < -0.4 is 10.1 Å². The molecule has 1 rings (SSSR count). The fourth-order valence-electron chi connectivity index (χ4n) is 1.47. The van der Waals surface area contributed by atoms with E-state index in [9.17, 15) is 10.1 Å². The zero-order chi connectivity index (χ0) is 14.1. The summed E-state index contributed by atoms with van der Waals surface area (Å²) in [6.07, 6.45) is 0. The highest BCUT2D eigenvalue weighted by Crippen LogP contribution is 2.24. The molecular weight excluding hydrogens is 250 g/mol. The highest BCUT2D eigenvalue weighted by molar-refractivity contribution is 5.43. The van der Waals surface area contributed by atoms with Gasteiger partial charge in [0.1, 0.15) is 11.8 Å². The van der Waals surface area contributed by atoms with Crippen LogP contribution in [0.25, 0.3) is 0 Å². The second kappa shape index (κ2) is 8.02. The number of benzene rings is 1. The minimum atomic E-state index is -0.466. The summed E-state index contributed by atoms with van der Waals surface area (Å²) < 4.78 is 10.1. The molecule has 0 fully saturated rings. The lowest BCUT2D eigenvalue weighted by atomic mass is 10.1. The van der Waals surface area contributed by atoms with Gasteiger partial charge in [-0.1, -0.05) is 0 Å². The van der Waals surface area contributed by atoms with Crippen LogP contribution in [0.5, 0.6) is 5.75 Å². The summed E-state index contributed by atoms with van der Waals surface area (Å²) >= 11 is 0. The molecule has 1 aromatic rings. The Morgan fingerprint density at radius 2 is 2.32 bits per heavy atom. The maximum Gasteiger partial charge on any atom is 0.270 e. The minimum Gasteiger partial charge on any atom is -0.478 e. The number of nitro benzene ring substituents is 1. The number of hydrogen-bond donors (Lipinski definition) is 1. The average molecular weight is 265 g/mol. The van der Waals surface area contributed by atoms with Crippen molar-refractivity contribution in [1.82, 2.24) is 5.32 Å². The van der Waals surface area contributed by atoms with Crippen molar-refractivity contribution in [2.75, 3.05) is 26.9 Å². The maximum absolute atomic E-state index is 10.7. The largest absolute Gasteiger partial charge is 0.478 e. The van der Waals surface area contributed by atoms with Crippen LogP contribution in [0.15, 0.2) is 18.2 Å². The number of nitro groups is 1. The first kappa shape index (κ1) is 14.9. The van der Waals surface area contributed by atoms with E-state index in [0.717, 1.165) is 0 Å². The molecule has 0 spiro atoms. The predicted octanol–water partition coefficient (Wildman–Crippen LogP) is 1.23. The third-order valence-electron chi connectivity index (χ3n) is 2.35. The molecule has 0 amide bonds. The van der Waals surface area contributed by atoms with E-state index in [1.165, 1.54) is 18.2 Å². The van der Waals surface area contributed by atoms with Gasteiger partial charge >= 0.3 is 0 Å². The van der Waals surface area contributed by atoms with Crippen LogP contribution in [0.1, 0.15) is 5.56 Å². The monoisotopic (exact) mass is 265 g/mol. The van der Waals surface area contributed by atoms with E-state index in [-0.39, 0.29) is 12.3 Å². The lowest BCUT2D eigenvalue weighted by molar-refractivity contribution is -0.384. The molecule has 7 heteroatoms. The first-order valence-electron chi connectivity index (χ1n) is 5.65. The number of rotatable bonds is 8. The topological polar surface area (TPSA) is 97.4 Å². The second-order valence-electron chi connectivity index (χ2n) is 3.67. The molecule has 7 nitrogen and oxygen atoms in total. The number of non-ortho nitro benzene ring substituents is 1. The van der Waals surface area contributed by atoms with Crippen molar-refractivity contribution in [2.45, 2.75) is 6.54 Å². The predicted molar refractivity (Wildman–Crippen MR) is 67.8 cm³/mol. The normalized spacial score (nSPS) is 9.89. The van der Waals surface area contributed by atoms with E-state index in [4.69, 9.17) is 14.7 Å². The van der Waals surface area contributed by atoms with Crippen LogP contribution in [0.3, 0.4) is 0 Å². The van der Waals surface area contributed by atoms with E-state index in [1.54, 1.807) is 7.11 Å². The molecule has 0 saturated heterocycles. The summed E-state index contributed by atoms with van der Waals surface area (Å²) in [5, 5.41) is 22.3. The molecule has 0 atom stereocenters.